The molecule has 1 unspecified atom stereocenters. The number of hydrogen-bond acceptors (Lipinski definition) is 8. The number of benzene rings is 2. The predicted octanol–water partition coefficient (Wildman–Crippen LogP) is 3.15. The van der Waals surface area contributed by atoms with Gasteiger partial charge in [0, 0.05) is 18.2 Å². The molecule has 2 amide bonds. The van der Waals surface area contributed by atoms with E-state index in [1.54, 1.807) is 17.7 Å². The number of rotatable bonds is 6. The Labute approximate surface area is 231 Å². The summed E-state index contributed by atoms with van der Waals surface area (Å²) in [5.41, 5.74) is 3.93. The van der Waals surface area contributed by atoms with Crippen LogP contribution in [-0.2, 0) is 24.7 Å². The summed E-state index contributed by atoms with van der Waals surface area (Å²) in [4.78, 5) is 29.5. The van der Waals surface area contributed by atoms with Crippen LogP contribution in [0.15, 0.2) is 59.5 Å². The summed E-state index contributed by atoms with van der Waals surface area (Å²) in [6.45, 7) is 4.81. The van der Waals surface area contributed by atoms with Crippen molar-refractivity contribution < 1.29 is 26.4 Å². The third kappa shape index (κ3) is 5.47. The number of anilines is 1. The third-order valence-corrected chi connectivity index (χ3v) is 9.88. The van der Waals surface area contributed by atoms with Gasteiger partial charge in [-0.15, -0.1) is 0 Å². The normalized spacial score (nSPS) is 16.6. The van der Waals surface area contributed by atoms with Crippen LogP contribution < -0.4 is 10.0 Å². The molecule has 1 atom stereocenters. The second kappa shape index (κ2) is 10.1. The lowest BCUT2D eigenvalue weighted by Gasteiger charge is -2.13. The minimum Gasteiger partial charge on any atom is -0.322 e. The van der Waals surface area contributed by atoms with Crippen molar-refractivity contribution in [3.8, 4) is 11.3 Å². The van der Waals surface area contributed by atoms with Crippen molar-refractivity contribution in [1.82, 2.24) is 19.5 Å². The molecule has 2 aromatic carbocycles. The summed E-state index contributed by atoms with van der Waals surface area (Å²) in [5.74, 6) is -1.17. The Hall–Kier alpha value is -4.10. The number of amides is 2. The molecule has 11 nitrogen and oxygen atoms in total. The van der Waals surface area contributed by atoms with Crippen molar-refractivity contribution in [1.29, 1.82) is 0 Å². The Balaban J connectivity index is 1.57. The minimum absolute atomic E-state index is 0.0467. The van der Waals surface area contributed by atoms with Gasteiger partial charge in [0.2, 0.25) is 5.91 Å². The minimum atomic E-state index is -4.02. The average Bonchev–Trinajstić information content (AvgIpc) is 3.42. The summed E-state index contributed by atoms with van der Waals surface area (Å²) < 4.78 is 52.4. The van der Waals surface area contributed by atoms with E-state index >= 15 is 0 Å². The first-order valence-corrected chi connectivity index (χ1v) is 15.8. The summed E-state index contributed by atoms with van der Waals surface area (Å²) in [5, 5.41) is 7.90. The fourth-order valence-electron chi connectivity index (χ4n) is 4.75. The number of carbonyl (C=O) groups is 2. The smallest absolute Gasteiger partial charge is 0.264 e. The molecule has 1 aliphatic heterocycles. The van der Waals surface area contributed by atoms with Gasteiger partial charge in [0.1, 0.15) is 0 Å². The first-order chi connectivity index (χ1) is 18.8. The number of sulfone groups is 1. The molecule has 2 N–H and O–H groups in total. The largest absolute Gasteiger partial charge is 0.322 e. The quantitative estimate of drug-likeness (QED) is 0.352. The molecule has 208 valence electrons. The number of carbonyl (C=O) groups excluding carboxylic acids is 2. The zero-order chi connectivity index (χ0) is 28.8. The molecule has 0 bridgehead atoms. The molecule has 1 aliphatic rings. The van der Waals surface area contributed by atoms with E-state index in [0.717, 1.165) is 18.1 Å². The number of nitrogens with one attached hydrogen (secondary N) is 2. The van der Waals surface area contributed by atoms with E-state index in [1.807, 2.05) is 35.9 Å². The standard InChI is InChI=1S/C27H27N5O6S2/c1-16-4-6-19(7-5-16)24-14-23(25-17(2)30-32(26(25)29-24)21-12-13-39(35,36)15-21)27(34)28-20-8-10-22(11-9-20)40(37,38)31-18(3)33/h4-11,14,21H,12-13,15H2,1-3H3,(H,28,34)(H,31,33). The fourth-order valence-corrected chi connectivity index (χ4v) is 7.43. The molecule has 40 heavy (non-hydrogen) atoms. The molecule has 4 aromatic rings. The van der Waals surface area contributed by atoms with Gasteiger partial charge in [-0.3, -0.25) is 9.59 Å². The number of fused-ring (bicyclic) bond motifs is 1. The van der Waals surface area contributed by atoms with Gasteiger partial charge >= 0.3 is 0 Å². The van der Waals surface area contributed by atoms with Crippen LogP contribution in [-0.4, -0.2) is 54.9 Å². The van der Waals surface area contributed by atoms with E-state index < -0.39 is 37.7 Å². The van der Waals surface area contributed by atoms with Gasteiger partial charge in [-0.25, -0.2) is 31.2 Å². The monoisotopic (exact) mass is 581 g/mol. The van der Waals surface area contributed by atoms with E-state index in [9.17, 15) is 26.4 Å². The Morgan fingerprint density at radius 1 is 1.02 bits per heavy atom. The summed E-state index contributed by atoms with van der Waals surface area (Å²) in [6.07, 6.45) is 0.407. The highest BCUT2D eigenvalue weighted by atomic mass is 32.2. The highest BCUT2D eigenvalue weighted by Gasteiger charge is 2.32. The molecule has 0 aliphatic carbocycles. The van der Waals surface area contributed by atoms with Gasteiger partial charge in [0.05, 0.1) is 44.8 Å². The van der Waals surface area contributed by atoms with Gasteiger partial charge in [-0.2, -0.15) is 5.10 Å². The molecular formula is C27H27N5O6S2. The van der Waals surface area contributed by atoms with Crippen molar-refractivity contribution >= 4 is 48.4 Å². The van der Waals surface area contributed by atoms with Gasteiger partial charge in [0.25, 0.3) is 15.9 Å². The Kier molecular flexibility index (Phi) is 6.96. The highest BCUT2D eigenvalue weighted by molar-refractivity contribution is 7.91. The third-order valence-electron chi connectivity index (χ3n) is 6.68. The van der Waals surface area contributed by atoms with E-state index in [2.05, 4.69) is 10.4 Å². The molecular weight excluding hydrogens is 554 g/mol. The summed E-state index contributed by atoms with van der Waals surface area (Å²) in [7, 11) is -7.21. The zero-order valence-corrected chi connectivity index (χ0v) is 23.6. The predicted molar refractivity (Wildman–Crippen MR) is 150 cm³/mol. The van der Waals surface area contributed by atoms with Crippen molar-refractivity contribution in [3.05, 3.63) is 71.4 Å². The number of hydrogen-bond donors (Lipinski definition) is 2. The second-order valence-electron chi connectivity index (χ2n) is 9.85. The summed E-state index contributed by atoms with van der Waals surface area (Å²) >= 11 is 0. The van der Waals surface area contributed by atoms with Crippen molar-refractivity contribution in [2.75, 3.05) is 16.8 Å². The Morgan fingerprint density at radius 2 is 1.70 bits per heavy atom. The average molecular weight is 582 g/mol. The van der Waals surface area contributed by atoms with Crippen LogP contribution in [0.1, 0.15) is 41.0 Å². The Morgan fingerprint density at radius 3 is 2.30 bits per heavy atom. The molecule has 1 saturated heterocycles. The van der Waals surface area contributed by atoms with Crippen LogP contribution in [0.3, 0.4) is 0 Å². The van der Waals surface area contributed by atoms with Crippen molar-refractivity contribution in [2.45, 2.75) is 38.1 Å². The van der Waals surface area contributed by atoms with Crippen LogP contribution >= 0.6 is 0 Å². The topological polar surface area (TPSA) is 157 Å². The molecule has 0 radical (unpaired) electrons. The summed E-state index contributed by atoms with van der Waals surface area (Å²) in [6, 6.07) is 14.3. The van der Waals surface area contributed by atoms with Gasteiger partial charge in [-0.1, -0.05) is 29.8 Å². The number of aryl methyl sites for hydroxylation is 2. The van der Waals surface area contributed by atoms with Crippen LogP contribution in [0.5, 0.6) is 0 Å². The molecule has 2 aromatic heterocycles. The number of nitrogens with zero attached hydrogens (tertiary/aromatic N) is 3. The number of pyridine rings is 1. The Bertz CT molecular complexity index is 1860. The lowest BCUT2D eigenvalue weighted by Crippen LogP contribution is -2.28. The van der Waals surface area contributed by atoms with Crippen LogP contribution in [0.2, 0.25) is 0 Å². The SMILES string of the molecule is CC(=O)NS(=O)(=O)c1ccc(NC(=O)c2cc(-c3ccc(C)cc3)nc3c2c(C)nn3C2CCS(=O)(=O)C2)cc1. The molecule has 1 fully saturated rings. The lowest BCUT2D eigenvalue weighted by molar-refractivity contribution is -0.117. The number of aromatic nitrogens is 3. The van der Waals surface area contributed by atoms with Crippen LogP contribution in [0.25, 0.3) is 22.3 Å². The molecule has 5 rings (SSSR count). The van der Waals surface area contributed by atoms with Gasteiger partial charge in [0.15, 0.2) is 15.5 Å². The molecule has 13 heteroatoms. The maximum Gasteiger partial charge on any atom is 0.264 e. The van der Waals surface area contributed by atoms with E-state index in [0.29, 0.717) is 40.1 Å². The van der Waals surface area contributed by atoms with E-state index in [1.165, 1.54) is 24.3 Å². The zero-order valence-electron chi connectivity index (χ0n) is 22.0. The number of sulfonamides is 1. The van der Waals surface area contributed by atoms with Gasteiger partial charge in [-0.05, 0) is 50.6 Å². The fraction of sp³-hybridized carbons (Fsp3) is 0.259. The van der Waals surface area contributed by atoms with Crippen molar-refractivity contribution in [3.63, 3.8) is 0 Å². The highest BCUT2D eigenvalue weighted by Crippen LogP contribution is 2.32. The van der Waals surface area contributed by atoms with Crippen LogP contribution in [0, 0.1) is 13.8 Å². The van der Waals surface area contributed by atoms with E-state index in [-0.39, 0.29) is 16.4 Å². The molecule has 0 saturated carbocycles. The first-order valence-electron chi connectivity index (χ1n) is 12.4. The lowest BCUT2D eigenvalue weighted by atomic mass is 10.0. The maximum absolute atomic E-state index is 13.6. The van der Waals surface area contributed by atoms with Crippen LogP contribution in [0.4, 0.5) is 5.69 Å². The first kappa shape index (κ1) is 27.5. The molecule has 3 heterocycles. The molecule has 0 spiro atoms. The van der Waals surface area contributed by atoms with E-state index in [4.69, 9.17) is 4.98 Å². The van der Waals surface area contributed by atoms with Gasteiger partial charge < -0.3 is 5.32 Å². The van der Waals surface area contributed by atoms with Crippen molar-refractivity contribution in [2.24, 2.45) is 0 Å². The maximum atomic E-state index is 13.6. The second-order valence-corrected chi connectivity index (χ2v) is 13.8.